The van der Waals surface area contributed by atoms with E-state index in [-0.39, 0.29) is 36.5 Å². The van der Waals surface area contributed by atoms with Crippen molar-refractivity contribution < 1.29 is 19.1 Å². The van der Waals surface area contributed by atoms with E-state index in [9.17, 15) is 14.7 Å². The summed E-state index contributed by atoms with van der Waals surface area (Å²) in [4.78, 5) is 25.4. The van der Waals surface area contributed by atoms with Crippen LogP contribution >= 0.6 is 0 Å². The van der Waals surface area contributed by atoms with Crippen molar-refractivity contribution in [3.63, 3.8) is 0 Å². The van der Waals surface area contributed by atoms with Crippen LogP contribution in [-0.4, -0.2) is 29.3 Å². The highest BCUT2D eigenvalue weighted by molar-refractivity contribution is 5.86. The minimum atomic E-state index is -0.489. The van der Waals surface area contributed by atoms with E-state index >= 15 is 0 Å². The van der Waals surface area contributed by atoms with Crippen molar-refractivity contribution in [2.75, 3.05) is 6.61 Å². The first-order valence-corrected chi connectivity index (χ1v) is 12.0. The summed E-state index contributed by atoms with van der Waals surface area (Å²) in [6.07, 6.45) is 8.62. The molecule has 2 aliphatic rings. The van der Waals surface area contributed by atoms with Gasteiger partial charge in [0.25, 0.3) is 0 Å². The van der Waals surface area contributed by atoms with Crippen LogP contribution < -0.4 is 15.7 Å². The number of amides is 1. The van der Waals surface area contributed by atoms with E-state index in [1.165, 1.54) is 19.3 Å². The summed E-state index contributed by atoms with van der Waals surface area (Å²) in [5.74, 6) is 0.703. The van der Waals surface area contributed by atoms with Gasteiger partial charge in [-0.15, -0.1) is 0 Å². The maximum absolute atomic E-state index is 12.8. The number of aryl methyl sites for hydroxylation is 2. The van der Waals surface area contributed by atoms with Crippen LogP contribution in [0.3, 0.4) is 0 Å². The number of benzene rings is 1. The minimum Gasteiger partial charge on any atom is -0.487 e. The first kappa shape index (κ1) is 22.8. The lowest BCUT2D eigenvalue weighted by Gasteiger charge is -2.41. The van der Waals surface area contributed by atoms with Crippen molar-refractivity contribution in [3.8, 4) is 5.75 Å². The van der Waals surface area contributed by atoms with Gasteiger partial charge in [0.2, 0.25) is 5.91 Å². The maximum atomic E-state index is 12.8. The van der Waals surface area contributed by atoms with Crippen LogP contribution in [0.4, 0.5) is 0 Å². The zero-order valence-electron chi connectivity index (χ0n) is 19.5. The number of fused-ring (bicyclic) bond motifs is 2. The second-order valence-electron chi connectivity index (χ2n) is 9.71. The summed E-state index contributed by atoms with van der Waals surface area (Å²) in [6, 6.07) is 3.61. The summed E-state index contributed by atoms with van der Waals surface area (Å²) in [7, 11) is 0. The van der Waals surface area contributed by atoms with E-state index in [0.29, 0.717) is 11.1 Å². The molecule has 0 bridgehead atoms. The van der Waals surface area contributed by atoms with Crippen molar-refractivity contribution in [2.24, 2.45) is 5.92 Å². The van der Waals surface area contributed by atoms with Crippen LogP contribution in [0.15, 0.2) is 21.3 Å². The van der Waals surface area contributed by atoms with Gasteiger partial charge in [-0.2, -0.15) is 0 Å². The molecule has 1 spiro atoms. The predicted octanol–water partition coefficient (Wildman–Crippen LogP) is 4.20. The molecule has 2 aromatic rings. The quantitative estimate of drug-likeness (QED) is 0.656. The largest absolute Gasteiger partial charge is 0.487 e. The van der Waals surface area contributed by atoms with Crippen LogP contribution in [0.1, 0.15) is 75.5 Å². The van der Waals surface area contributed by atoms with Crippen molar-refractivity contribution in [1.29, 1.82) is 0 Å². The Labute approximate surface area is 189 Å². The lowest BCUT2D eigenvalue weighted by atomic mass is 9.79. The first-order chi connectivity index (χ1) is 15.4. The smallest absolute Gasteiger partial charge is 0.340 e. The Kier molecular flexibility index (Phi) is 6.61. The molecule has 1 saturated carbocycles. The van der Waals surface area contributed by atoms with Gasteiger partial charge in [-0.25, -0.2) is 4.79 Å². The van der Waals surface area contributed by atoms with Gasteiger partial charge in [-0.3, -0.25) is 4.79 Å². The Morgan fingerprint density at radius 2 is 1.97 bits per heavy atom. The average Bonchev–Trinajstić information content (AvgIpc) is 2.79. The highest BCUT2D eigenvalue weighted by Crippen LogP contribution is 2.43. The standard InChI is InChI=1S/C26H35NO5/c1-4-16(2)21(15-28)27-24(29)13-20-17(3)19-12-18-8-11-26(9-6-5-7-10-26)32-22(18)14-23(19)31-25(20)30/h12,14,16,21,28H,4-11,13,15H2,1-3H3,(H,27,29)/t16-,21+/m1/s1. The number of aliphatic hydroxyl groups is 1. The Balaban J connectivity index is 1.60. The van der Waals surface area contributed by atoms with Gasteiger partial charge >= 0.3 is 5.63 Å². The fourth-order valence-electron chi connectivity index (χ4n) is 5.22. The van der Waals surface area contributed by atoms with Crippen LogP contribution in [0.2, 0.25) is 0 Å². The Morgan fingerprint density at radius 3 is 2.66 bits per heavy atom. The van der Waals surface area contributed by atoms with E-state index in [0.717, 1.165) is 54.4 Å². The molecule has 1 amide bonds. The van der Waals surface area contributed by atoms with Crippen LogP contribution in [0.25, 0.3) is 11.0 Å². The number of carbonyl (C=O) groups excluding carboxylic acids is 1. The summed E-state index contributed by atoms with van der Waals surface area (Å²) < 4.78 is 12.1. The van der Waals surface area contributed by atoms with Crippen LogP contribution in [-0.2, 0) is 17.6 Å². The number of hydrogen-bond acceptors (Lipinski definition) is 5. The molecule has 0 radical (unpaired) electrons. The molecule has 1 aromatic heterocycles. The minimum absolute atomic E-state index is 0.0618. The van der Waals surface area contributed by atoms with Gasteiger partial charge in [-0.05, 0) is 68.6 Å². The van der Waals surface area contributed by atoms with E-state index in [2.05, 4.69) is 11.4 Å². The van der Waals surface area contributed by atoms with Crippen LogP contribution in [0, 0.1) is 12.8 Å². The fraction of sp³-hybridized carbons (Fsp3) is 0.615. The monoisotopic (exact) mass is 441 g/mol. The molecular formula is C26H35NO5. The Bertz CT molecular complexity index is 1050. The molecule has 2 atom stereocenters. The maximum Gasteiger partial charge on any atom is 0.340 e. The summed E-state index contributed by atoms with van der Waals surface area (Å²) in [5.41, 5.74) is 2.24. The molecule has 1 aliphatic carbocycles. The van der Waals surface area contributed by atoms with Gasteiger partial charge in [0, 0.05) is 11.5 Å². The zero-order chi connectivity index (χ0) is 22.9. The second kappa shape index (κ2) is 9.26. The summed E-state index contributed by atoms with van der Waals surface area (Å²) in [6.45, 7) is 5.75. The van der Waals surface area contributed by atoms with E-state index in [1.54, 1.807) is 0 Å². The van der Waals surface area contributed by atoms with Gasteiger partial charge in [-0.1, -0.05) is 26.7 Å². The number of aliphatic hydroxyl groups excluding tert-OH is 1. The van der Waals surface area contributed by atoms with Gasteiger partial charge in [0.1, 0.15) is 16.9 Å². The molecule has 4 rings (SSSR count). The van der Waals surface area contributed by atoms with Gasteiger partial charge in [0.05, 0.1) is 24.6 Å². The van der Waals surface area contributed by atoms with Crippen molar-refractivity contribution in [3.05, 3.63) is 39.2 Å². The van der Waals surface area contributed by atoms with Crippen LogP contribution in [0.5, 0.6) is 5.75 Å². The molecule has 2 N–H and O–H groups in total. The number of hydrogen-bond donors (Lipinski definition) is 2. The van der Waals surface area contributed by atoms with Gasteiger partial charge < -0.3 is 19.6 Å². The second-order valence-corrected chi connectivity index (χ2v) is 9.71. The number of rotatable bonds is 6. The number of nitrogens with one attached hydrogen (secondary N) is 1. The zero-order valence-corrected chi connectivity index (χ0v) is 19.5. The van der Waals surface area contributed by atoms with E-state index < -0.39 is 5.63 Å². The SMILES string of the molecule is CC[C@@H](C)[C@H](CO)NC(=O)Cc1c(C)c2cc3c(cc2oc1=O)OC1(CCCCC1)CC3. The lowest BCUT2D eigenvalue weighted by molar-refractivity contribution is -0.121. The molecule has 2 heterocycles. The highest BCUT2D eigenvalue weighted by Gasteiger charge is 2.37. The first-order valence-electron chi connectivity index (χ1n) is 12.0. The third-order valence-corrected chi connectivity index (χ3v) is 7.62. The molecule has 0 saturated heterocycles. The van der Waals surface area contributed by atoms with Crippen molar-refractivity contribution >= 4 is 16.9 Å². The number of ether oxygens (including phenoxy) is 1. The van der Waals surface area contributed by atoms with E-state index in [4.69, 9.17) is 9.15 Å². The molecule has 6 heteroatoms. The Hall–Kier alpha value is -2.34. The van der Waals surface area contributed by atoms with E-state index in [1.807, 2.05) is 26.8 Å². The molecular weight excluding hydrogens is 406 g/mol. The lowest BCUT2D eigenvalue weighted by Crippen LogP contribution is -2.43. The Morgan fingerprint density at radius 1 is 1.22 bits per heavy atom. The molecule has 6 nitrogen and oxygen atoms in total. The number of carbonyl (C=O) groups is 1. The normalized spacial score (nSPS) is 19.2. The highest BCUT2D eigenvalue weighted by atomic mass is 16.5. The van der Waals surface area contributed by atoms with Crippen molar-refractivity contribution in [1.82, 2.24) is 5.32 Å². The predicted molar refractivity (Wildman–Crippen MR) is 124 cm³/mol. The fourth-order valence-corrected chi connectivity index (χ4v) is 5.22. The molecule has 0 unspecified atom stereocenters. The van der Waals surface area contributed by atoms with Gasteiger partial charge in [0.15, 0.2) is 0 Å². The third-order valence-electron chi connectivity index (χ3n) is 7.62. The summed E-state index contributed by atoms with van der Waals surface area (Å²) in [5, 5.41) is 13.3. The summed E-state index contributed by atoms with van der Waals surface area (Å²) >= 11 is 0. The molecule has 32 heavy (non-hydrogen) atoms. The van der Waals surface area contributed by atoms with Crippen molar-refractivity contribution in [2.45, 2.75) is 90.2 Å². The third kappa shape index (κ3) is 4.42. The topological polar surface area (TPSA) is 88.8 Å². The molecule has 1 aromatic carbocycles. The molecule has 1 fully saturated rings. The molecule has 1 aliphatic heterocycles. The average molecular weight is 442 g/mol. The molecule has 174 valence electrons.